The highest BCUT2D eigenvalue weighted by Crippen LogP contribution is 2.39. The molecule has 2 heterocycles. The number of nitrogens with one attached hydrogen (secondary N) is 1. The highest BCUT2D eigenvalue weighted by molar-refractivity contribution is 6.32. The Morgan fingerprint density at radius 3 is 3.10 bits per heavy atom. The fourth-order valence-corrected chi connectivity index (χ4v) is 3.35. The van der Waals surface area contributed by atoms with Crippen LogP contribution >= 0.6 is 11.6 Å². The van der Waals surface area contributed by atoms with E-state index < -0.39 is 0 Å². The Bertz CT molecular complexity index is 589. The van der Waals surface area contributed by atoms with Crippen molar-refractivity contribution < 1.29 is 4.74 Å². The summed E-state index contributed by atoms with van der Waals surface area (Å²) >= 11 is 6.18. The van der Waals surface area contributed by atoms with Gasteiger partial charge in [0.25, 0.3) is 5.56 Å². The lowest BCUT2D eigenvalue weighted by Crippen LogP contribution is -2.65. The third-order valence-corrected chi connectivity index (χ3v) is 4.66. The minimum Gasteiger partial charge on any atom is -0.376 e. The monoisotopic (exact) mass is 312 g/mol. The zero-order valence-corrected chi connectivity index (χ0v) is 13.0. The van der Waals surface area contributed by atoms with E-state index in [2.05, 4.69) is 10.4 Å². The lowest BCUT2D eigenvalue weighted by molar-refractivity contribution is 0.00536. The Kier molecular flexibility index (Phi) is 3.94. The fraction of sp³-hybridized carbons (Fsp3) is 0.714. The lowest BCUT2D eigenvalue weighted by Gasteiger charge is -2.46. The van der Waals surface area contributed by atoms with Gasteiger partial charge in [-0.15, -0.1) is 0 Å². The van der Waals surface area contributed by atoms with Crippen molar-refractivity contribution in [2.45, 2.75) is 45.0 Å². The molecule has 1 aromatic heterocycles. The minimum absolute atomic E-state index is 0.00264. The van der Waals surface area contributed by atoms with E-state index in [1.807, 2.05) is 13.8 Å². The Morgan fingerprint density at radius 1 is 1.62 bits per heavy atom. The predicted octanol–water partition coefficient (Wildman–Crippen LogP) is 1.08. The molecule has 0 amide bonds. The van der Waals surface area contributed by atoms with Crippen molar-refractivity contribution in [1.82, 2.24) is 9.78 Å². The third kappa shape index (κ3) is 2.56. The highest BCUT2D eigenvalue weighted by atomic mass is 35.5. The number of rotatable bonds is 4. The first-order chi connectivity index (χ1) is 9.99. The van der Waals surface area contributed by atoms with E-state index >= 15 is 0 Å². The zero-order valence-electron chi connectivity index (χ0n) is 12.3. The minimum atomic E-state index is -0.271. The number of hydrogen-bond donors (Lipinski definition) is 2. The Labute approximate surface area is 128 Å². The highest BCUT2D eigenvalue weighted by Gasteiger charge is 2.52. The van der Waals surface area contributed by atoms with E-state index in [-0.39, 0.29) is 28.8 Å². The van der Waals surface area contributed by atoms with Crippen LogP contribution in [0.4, 0.5) is 5.69 Å². The van der Waals surface area contributed by atoms with Gasteiger partial charge in [-0.2, -0.15) is 5.10 Å². The van der Waals surface area contributed by atoms with Gasteiger partial charge in [0, 0.05) is 25.1 Å². The molecule has 1 aliphatic carbocycles. The Hall–Kier alpha value is -1.11. The summed E-state index contributed by atoms with van der Waals surface area (Å²) in [6.45, 7) is 5.36. The molecular formula is C14H21ClN4O2. The second-order valence-corrected chi connectivity index (χ2v) is 6.67. The average molecular weight is 313 g/mol. The Morgan fingerprint density at radius 2 is 2.38 bits per heavy atom. The second kappa shape index (κ2) is 5.59. The molecule has 3 N–H and O–H groups in total. The summed E-state index contributed by atoms with van der Waals surface area (Å²) in [4.78, 5) is 12.2. The van der Waals surface area contributed by atoms with Crippen LogP contribution in [0.25, 0.3) is 0 Å². The number of nitrogens with two attached hydrogens (primary N) is 1. The average Bonchev–Trinajstić information content (AvgIpc) is 2.87. The van der Waals surface area contributed by atoms with Gasteiger partial charge in [0.05, 0.1) is 24.0 Å². The number of hydrogen-bond acceptors (Lipinski definition) is 5. The lowest BCUT2D eigenvalue weighted by atomic mass is 9.72. The van der Waals surface area contributed by atoms with Gasteiger partial charge in [0.15, 0.2) is 0 Å². The molecular weight excluding hydrogens is 292 g/mol. The first-order valence-electron chi connectivity index (χ1n) is 7.38. The molecule has 2 aliphatic rings. The van der Waals surface area contributed by atoms with Crippen molar-refractivity contribution >= 4 is 17.3 Å². The van der Waals surface area contributed by atoms with Crippen molar-refractivity contribution in [3.8, 4) is 0 Å². The fourth-order valence-electron chi connectivity index (χ4n) is 3.15. The van der Waals surface area contributed by atoms with E-state index in [0.717, 1.165) is 13.0 Å². The molecule has 2 fully saturated rings. The molecule has 3 rings (SSSR count). The summed E-state index contributed by atoms with van der Waals surface area (Å²) in [7, 11) is 0. The maximum atomic E-state index is 12.2. The first kappa shape index (κ1) is 14.8. The molecule has 116 valence electrons. The first-order valence-corrected chi connectivity index (χ1v) is 7.76. The van der Waals surface area contributed by atoms with Crippen LogP contribution in [0.15, 0.2) is 11.0 Å². The Balaban J connectivity index is 1.77. The summed E-state index contributed by atoms with van der Waals surface area (Å²) in [6, 6.07) is 0.0313. The van der Waals surface area contributed by atoms with Crippen molar-refractivity contribution in [3.63, 3.8) is 0 Å². The van der Waals surface area contributed by atoms with E-state index in [9.17, 15) is 4.79 Å². The molecule has 7 heteroatoms. The van der Waals surface area contributed by atoms with Crippen LogP contribution in [0.3, 0.4) is 0 Å². The van der Waals surface area contributed by atoms with E-state index in [1.54, 1.807) is 6.20 Å². The number of nitrogens with zero attached hydrogens (tertiary/aromatic N) is 2. The molecule has 0 radical (unpaired) electrons. The van der Waals surface area contributed by atoms with Crippen LogP contribution in [-0.2, 0) is 11.3 Å². The molecule has 4 unspecified atom stereocenters. The van der Waals surface area contributed by atoms with Gasteiger partial charge in [0.1, 0.15) is 5.02 Å². The quantitative estimate of drug-likeness (QED) is 0.869. The topological polar surface area (TPSA) is 82.2 Å². The smallest absolute Gasteiger partial charge is 0.287 e. The van der Waals surface area contributed by atoms with Crippen LogP contribution in [-0.4, -0.2) is 34.6 Å². The molecule has 21 heavy (non-hydrogen) atoms. The summed E-state index contributed by atoms with van der Waals surface area (Å²) in [5.41, 5.74) is 6.42. The van der Waals surface area contributed by atoms with E-state index in [1.165, 1.54) is 4.68 Å². The van der Waals surface area contributed by atoms with Gasteiger partial charge in [-0.05, 0) is 12.3 Å². The van der Waals surface area contributed by atoms with Crippen molar-refractivity contribution in [2.75, 3.05) is 11.9 Å². The van der Waals surface area contributed by atoms with Gasteiger partial charge in [-0.25, -0.2) is 4.68 Å². The SMILES string of the molecule is CC(C)Cn1ncc(NC2C(N)C3CCOC32)c(Cl)c1=O. The van der Waals surface area contributed by atoms with Crippen LogP contribution < -0.4 is 16.6 Å². The van der Waals surface area contributed by atoms with Gasteiger partial charge < -0.3 is 15.8 Å². The molecule has 1 saturated heterocycles. The van der Waals surface area contributed by atoms with E-state index in [4.69, 9.17) is 22.1 Å². The van der Waals surface area contributed by atoms with Gasteiger partial charge >= 0.3 is 0 Å². The third-order valence-electron chi connectivity index (χ3n) is 4.29. The van der Waals surface area contributed by atoms with Crippen LogP contribution in [0.5, 0.6) is 0 Å². The summed E-state index contributed by atoms with van der Waals surface area (Å²) in [6.07, 6.45) is 2.72. The predicted molar refractivity (Wildman–Crippen MR) is 81.6 cm³/mol. The number of ether oxygens (including phenoxy) is 1. The van der Waals surface area contributed by atoms with Crippen LogP contribution in [0.1, 0.15) is 20.3 Å². The summed E-state index contributed by atoms with van der Waals surface area (Å²) in [5.74, 6) is 0.744. The molecule has 0 bridgehead atoms. The maximum absolute atomic E-state index is 12.2. The van der Waals surface area contributed by atoms with Crippen molar-refractivity contribution in [3.05, 3.63) is 21.6 Å². The molecule has 0 spiro atoms. The summed E-state index contributed by atoms with van der Waals surface area (Å²) < 4.78 is 7.06. The molecule has 1 aliphatic heterocycles. The summed E-state index contributed by atoms with van der Waals surface area (Å²) in [5, 5.41) is 7.57. The molecule has 4 atom stereocenters. The molecule has 0 aromatic carbocycles. The van der Waals surface area contributed by atoms with Gasteiger partial charge in [0.2, 0.25) is 0 Å². The van der Waals surface area contributed by atoms with Crippen molar-refractivity contribution in [2.24, 2.45) is 17.6 Å². The molecule has 1 saturated carbocycles. The normalized spacial score (nSPS) is 31.1. The number of halogens is 1. The second-order valence-electron chi connectivity index (χ2n) is 6.29. The maximum Gasteiger partial charge on any atom is 0.287 e. The standard InChI is InChI=1S/C14H21ClN4O2/c1-7(2)6-19-14(20)10(15)9(5-17-19)18-12-11(16)8-3-4-21-13(8)12/h5,7-8,11-13,18H,3-4,6,16H2,1-2H3. The van der Waals surface area contributed by atoms with Gasteiger partial charge in [-0.3, -0.25) is 4.79 Å². The largest absolute Gasteiger partial charge is 0.376 e. The van der Waals surface area contributed by atoms with E-state index in [0.29, 0.717) is 24.1 Å². The van der Waals surface area contributed by atoms with Crippen LogP contribution in [0, 0.1) is 11.8 Å². The van der Waals surface area contributed by atoms with Crippen molar-refractivity contribution in [1.29, 1.82) is 0 Å². The number of aromatic nitrogens is 2. The number of fused-ring (bicyclic) bond motifs is 1. The molecule has 1 aromatic rings. The number of anilines is 1. The van der Waals surface area contributed by atoms with Crippen LogP contribution in [0.2, 0.25) is 5.02 Å². The molecule has 6 nitrogen and oxygen atoms in total. The zero-order chi connectivity index (χ0) is 15.1. The van der Waals surface area contributed by atoms with Gasteiger partial charge in [-0.1, -0.05) is 25.4 Å².